The Balaban J connectivity index is 1.35. The van der Waals surface area contributed by atoms with Crippen LogP contribution in [0.1, 0.15) is 95.9 Å². The lowest BCUT2D eigenvalue weighted by Gasteiger charge is -2.45. The van der Waals surface area contributed by atoms with E-state index in [0.29, 0.717) is 0 Å². The van der Waals surface area contributed by atoms with Crippen molar-refractivity contribution in [1.82, 2.24) is 0 Å². The van der Waals surface area contributed by atoms with E-state index in [0.717, 1.165) is 39.9 Å². The number of benzene rings is 6. The number of rotatable bonds is 3. The van der Waals surface area contributed by atoms with Crippen LogP contribution in [0.4, 0.5) is 17.1 Å². The molecule has 0 aromatic heterocycles. The summed E-state index contributed by atoms with van der Waals surface area (Å²) in [6.45, 7) is 11.4. The Morgan fingerprint density at radius 2 is 1.08 bits per heavy atom. The molecular formula is C46H39NO. The normalized spacial score (nSPS) is 16.0. The molecular weight excluding hydrogens is 583 g/mol. The topological polar surface area (TPSA) is 20.3 Å². The molecule has 2 heteroatoms. The minimum Gasteiger partial charge on any atom is -0.310 e. The Kier molecular flexibility index (Phi) is 5.98. The Hall–Kier alpha value is -5.21. The van der Waals surface area contributed by atoms with Crippen LogP contribution in [-0.4, -0.2) is 5.78 Å². The standard InChI is InChI=1S/C46H39NO/c1-6-44(2,3)29-23-25-30(26-24-29)47-41-21-13-11-19-37(41)46(38-20-12-14-22-42(38)47)36-18-10-7-15-31(36)33-27-34-39(28-40(33)46)45(4,5)35-17-9-8-16-32(35)43(34)48/h7-28H,6H2,1-5H3. The number of nitrogens with zero attached hydrogens (tertiary/aromatic N) is 1. The molecule has 1 heterocycles. The predicted octanol–water partition coefficient (Wildman–Crippen LogP) is 11.4. The number of carbonyl (C=O) groups excluding carboxylic acids is 1. The van der Waals surface area contributed by atoms with Gasteiger partial charge in [-0.3, -0.25) is 4.79 Å². The highest BCUT2D eigenvalue weighted by atomic mass is 16.1. The number of carbonyl (C=O) groups is 1. The summed E-state index contributed by atoms with van der Waals surface area (Å²) < 4.78 is 0. The van der Waals surface area contributed by atoms with E-state index < -0.39 is 5.41 Å². The first kappa shape index (κ1) is 29.0. The van der Waals surface area contributed by atoms with Crippen LogP contribution in [0.5, 0.6) is 0 Å². The first-order valence-corrected chi connectivity index (χ1v) is 17.2. The lowest BCUT2D eigenvalue weighted by molar-refractivity contribution is 0.103. The van der Waals surface area contributed by atoms with Gasteiger partial charge in [-0.25, -0.2) is 0 Å². The maximum absolute atomic E-state index is 14.2. The second-order valence-corrected chi connectivity index (χ2v) is 14.9. The van der Waals surface area contributed by atoms with Gasteiger partial charge >= 0.3 is 0 Å². The largest absolute Gasteiger partial charge is 0.310 e. The molecule has 2 nitrogen and oxygen atoms in total. The highest BCUT2D eigenvalue weighted by Crippen LogP contribution is 2.64. The second kappa shape index (κ2) is 9.90. The first-order chi connectivity index (χ1) is 23.2. The van der Waals surface area contributed by atoms with Gasteiger partial charge < -0.3 is 4.90 Å². The molecule has 0 bridgehead atoms. The summed E-state index contributed by atoms with van der Waals surface area (Å²) >= 11 is 0. The van der Waals surface area contributed by atoms with Crippen molar-refractivity contribution in [1.29, 1.82) is 0 Å². The number of hydrogen-bond donors (Lipinski definition) is 0. The molecule has 48 heavy (non-hydrogen) atoms. The monoisotopic (exact) mass is 621 g/mol. The van der Waals surface area contributed by atoms with Crippen LogP contribution in [0.15, 0.2) is 133 Å². The van der Waals surface area contributed by atoms with Crippen molar-refractivity contribution in [3.63, 3.8) is 0 Å². The maximum atomic E-state index is 14.2. The molecule has 6 aromatic carbocycles. The number of para-hydroxylation sites is 2. The molecule has 0 amide bonds. The van der Waals surface area contributed by atoms with E-state index in [4.69, 9.17) is 0 Å². The van der Waals surface area contributed by atoms with Crippen LogP contribution in [0.2, 0.25) is 0 Å². The summed E-state index contributed by atoms with van der Waals surface area (Å²) in [4.78, 5) is 16.6. The molecule has 0 fully saturated rings. The zero-order valence-electron chi connectivity index (χ0n) is 28.3. The molecule has 0 N–H and O–H groups in total. The van der Waals surface area contributed by atoms with E-state index in [1.807, 2.05) is 12.1 Å². The van der Waals surface area contributed by atoms with Crippen LogP contribution in [-0.2, 0) is 16.2 Å². The minimum absolute atomic E-state index is 0.117. The summed E-state index contributed by atoms with van der Waals surface area (Å²) in [5, 5.41) is 0. The smallest absolute Gasteiger partial charge is 0.193 e. The number of ketones is 1. The van der Waals surface area contributed by atoms with Gasteiger partial charge in [0.1, 0.15) is 0 Å². The van der Waals surface area contributed by atoms with Gasteiger partial charge in [-0.15, -0.1) is 0 Å². The summed E-state index contributed by atoms with van der Waals surface area (Å²) in [6, 6.07) is 48.7. The quantitative estimate of drug-likeness (QED) is 0.196. The van der Waals surface area contributed by atoms with Crippen LogP contribution < -0.4 is 4.90 Å². The van der Waals surface area contributed by atoms with Gasteiger partial charge in [0, 0.05) is 22.2 Å². The number of hydrogen-bond acceptors (Lipinski definition) is 2. The van der Waals surface area contributed by atoms with Crippen molar-refractivity contribution in [2.75, 3.05) is 4.90 Å². The Labute approximate surface area is 283 Å². The van der Waals surface area contributed by atoms with E-state index in [2.05, 4.69) is 161 Å². The van der Waals surface area contributed by atoms with Crippen LogP contribution in [0.3, 0.4) is 0 Å². The zero-order valence-corrected chi connectivity index (χ0v) is 28.3. The minimum atomic E-state index is -0.551. The fourth-order valence-electron chi connectivity index (χ4n) is 8.91. The summed E-state index contributed by atoms with van der Waals surface area (Å²) in [7, 11) is 0. The van der Waals surface area contributed by atoms with Gasteiger partial charge in [-0.1, -0.05) is 138 Å². The van der Waals surface area contributed by atoms with E-state index in [-0.39, 0.29) is 16.6 Å². The molecule has 6 aromatic rings. The molecule has 9 rings (SSSR count). The lowest BCUT2D eigenvalue weighted by Crippen LogP contribution is -2.37. The molecule has 2 aliphatic carbocycles. The van der Waals surface area contributed by atoms with Crippen molar-refractivity contribution in [3.05, 3.63) is 184 Å². The van der Waals surface area contributed by atoms with Crippen LogP contribution in [0.25, 0.3) is 11.1 Å². The summed E-state index contributed by atoms with van der Waals surface area (Å²) in [5.41, 5.74) is 15.3. The van der Waals surface area contributed by atoms with Crippen molar-refractivity contribution in [3.8, 4) is 11.1 Å². The average Bonchev–Trinajstić information content (AvgIpc) is 3.40. The molecule has 3 aliphatic rings. The van der Waals surface area contributed by atoms with Gasteiger partial charge in [0.05, 0.1) is 16.8 Å². The molecule has 234 valence electrons. The summed E-state index contributed by atoms with van der Waals surface area (Å²) in [5.74, 6) is 0.117. The Bertz CT molecular complexity index is 2260. The molecule has 0 atom stereocenters. The highest BCUT2D eigenvalue weighted by molar-refractivity contribution is 6.14. The van der Waals surface area contributed by atoms with E-state index in [9.17, 15) is 4.79 Å². The highest BCUT2D eigenvalue weighted by Gasteiger charge is 2.53. The second-order valence-electron chi connectivity index (χ2n) is 14.9. The van der Waals surface area contributed by atoms with E-state index in [1.54, 1.807) is 0 Å². The summed E-state index contributed by atoms with van der Waals surface area (Å²) in [6.07, 6.45) is 1.08. The van der Waals surface area contributed by atoms with Gasteiger partial charge in [0.15, 0.2) is 5.78 Å². The SMILES string of the molecule is CCC(C)(C)c1ccc(N2c3ccccc3C3(c4ccccc4-c4cc5c(cc43)C(C)(C)c3ccccc3C5=O)c3ccccc32)cc1. The molecule has 1 spiro atoms. The third-order valence-electron chi connectivity index (χ3n) is 11.8. The number of anilines is 3. The van der Waals surface area contributed by atoms with Crippen molar-refractivity contribution in [2.24, 2.45) is 0 Å². The number of fused-ring (bicyclic) bond motifs is 11. The predicted molar refractivity (Wildman–Crippen MR) is 197 cm³/mol. The molecule has 0 saturated carbocycles. The lowest BCUT2D eigenvalue weighted by atomic mass is 9.62. The molecule has 0 radical (unpaired) electrons. The van der Waals surface area contributed by atoms with Crippen LogP contribution >= 0.6 is 0 Å². The van der Waals surface area contributed by atoms with E-state index in [1.165, 1.54) is 44.8 Å². The van der Waals surface area contributed by atoms with Crippen molar-refractivity contribution < 1.29 is 4.79 Å². The van der Waals surface area contributed by atoms with Gasteiger partial charge in [0.2, 0.25) is 0 Å². The van der Waals surface area contributed by atoms with Crippen LogP contribution in [0, 0.1) is 0 Å². The van der Waals surface area contributed by atoms with Gasteiger partial charge in [0.25, 0.3) is 0 Å². The van der Waals surface area contributed by atoms with Gasteiger partial charge in [-0.2, -0.15) is 0 Å². The maximum Gasteiger partial charge on any atom is 0.193 e. The van der Waals surface area contributed by atoms with E-state index >= 15 is 0 Å². The fraction of sp³-hybridized carbons (Fsp3) is 0.196. The Morgan fingerprint density at radius 1 is 0.542 bits per heavy atom. The Morgan fingerprint density at radius 3 is 1.71 bits per heavy atom. The third-order valence-corrected chi connectivity index (χ3v) is 11.8. The van der Waals surface area contributed by atoms with Crippen molar-refractivity contribution in [2.45, 2.75) is 57.3 Å². The molecule has 1 aliphatic heterocycles. The van der Waals surface area contributed by atoms with Gasteiger partial charge in [-0.05, 0) is 92.2 Å². The third kappa shape index (κ3) is 3.61. The molecule has 0 saturated heterocycles. The zero-order chi connectivity index (χ0) is 33.0. The average molecular weight is 622 g/mol. The molecule has 0 unspecified atom stereocenters. The van der Waals surface area contributed by atoms with Crippen molar-refractivity contribution >= 4 is 22.8 Å². The first-order valence-electron chi connectivity index (χ1n) is 17.2. The fourth-order valence-corrected chi connectivity index (χ4v) is 8.91.